The van der Waals surface area contributed by atoms with Crippen LogP contribution in [0.2, 0.25) is 0 Å². The molecule has 1 atom stereocenters. The summed E-state index contributed by atoms with van der Waals surface area (Å²) in [5.41, 5.74) is 6.59. The summed E-state index contributed by atoms with van der Waals surface area (Å²) in [5, 5.41) is 0. The SMILES string of the molecule is CC(C)CN1C(=O)N=C(N)C1c1ccc(F)cc1Br. The molecule has 1 aliphatic rings. The third-order valence-electron chi connectivity index (χ3n) is 2.88. The first-order chi connectivity index (χ1) is 8.90. The Morgan fingerprint density at radius 1 is 1.53 bits per heavy atom. The van der Waals surface area contributed by atoms with Crippen LogP contribution in [0.15, 0.2) is 27.7 Å². The molecule has 0 spiro atoms. The first kappa shape index (κ1) is 14.0. The van der Waals surface area contributed by atoms with Crippen LogP contribution < -0.4 is 5.73 Å². The zero-order valence-electron chi connectivity index (χ0n) is 10.7. The van der Waals surface area contributed by atoms with Crippen molar-refractivity contribution in [3.63, 3.8) is 0 Å². The Morgan fingerprint density at radius 2 is 2.21 bits per heavy atom. The topological polar surface area (TPSA) is 58.7 Å². The third-order valence-corrected chi connectivity index (χ3v) is 3.57. The molecular weight excluding hydrogens is 313 g/mol. The van der Waals surface area contributed by atoms with Crippen LogP contribution in [-0.4, -0.2) is 23.3 Å². The van der Waals surface area contributed by atoms with Crippen molar-refractivity contribution in [3.8, 4) is 0 Å². The van der Waals surface area contributed by atoms with E-state index in [4.69, 9.17) is 5.73 Å². The molecule has 102 valence electrons. The Kier molecular flexibility index (Phi) is 3.89. The number of urea groups is 1. The number of hydrogen-bond donors (Lipinski definition) is 1. The molecule has 0 aliphatic carbocycles. The zero-order chi connectivity index (χ0) is 14.2. The van der Waals surface area contributed by atoms with Crippen LogP contribution in [0.1, 0.15) is 25.5 Å². The molecule has 1 aliphatic heterocycles. The molecule has 0 saturated carbocycles. The van der Waals surface area contributed by atoms with E-state index in [2.05, 4.69) is 20.9 Å². The van der Waals surface area contributed by atoms with Gasteiger partial charge in [-0.25, -0.2) is 9.18 Å². The van der Waals surface area contributed by atoms with Crippen LogP contribution in [0.25, 0.3) is 0 Å². The lowest BCUT2D eigenvalue weighted by Crippen LogP contribution is -2.36. The quantitative estimate of drug-likeness (QED) is 0.927. The number of rotatable bonds is 3. The largest absolute Gasteiger partial charge is 0.385 e. The van der Waals surface area contributed by atoms with Gasteiger partial charge in [0.1, 0.15) is 17.7 Å². The number of benzene rings is 1. The molecule has 2 N–H and O–H groups in total. The molecule has 0 aromatic heterocycles. The molecule has 6 heteroatoms. The third kappa shape index (κ3) is 2.78. The summed E-state index contributed by atoms with van der Waals surface area (Å²) in [6.45, 7) is 4.58. The first-order valence-corrected chi connectivity index (χ1v) is 6.79. The molecule has 0 radical (unpaired) electrons. The summed E-state index contributed by atoms with van der Waals surface area (Å²) >= 11 is 3.31. The molecule has 1 unspecified atom stereocenters. The highest BCUT2D eigenvalue weighted by atomic mass is 79.9. The number of carbonyl (C=O) groups excluding carboxylic acids is 1. The van der Waals surface area contributed by atoms with Crippen molar-refractivity contribution in [1.29, 1.82) is 0 Å². The van der Waals surface area contributed by atoms with Crippen molar-refractivity contribution in [1.82, 2.24) is 4.90 Å². The van der Waals surface area contributed by atoms with Gasteiger partial charge in [-0.1, -0.05) is 35.8 Å². The molecule has 0 saturated heterocycles. The molecule has 1 aromatic rings. The number of aliphatic imine (C=N–C) groups is 1. The summed E-state index contributed by atoms with van der Waals surface area (Å²) in [7, 11) is 0. The van der Waals surface area contributed by atoms with Gasteiger partial charge in [0.15, 0.2) is 0 Å². The minimum absolute atomic E-state index is 0.248. The van der Waals surface area contributed by atoms with E-state index in [0.717, 1.165) is 5.56 Å². The highest BCUT2D eigenvalue weighted by Crippen LogP contribution is 2.32. The van der Waals surface area contributed by atoms with Crippen molar-refractivity contribution in [2.75, 3.05) is 6.54 Å². The predicted octanol–water partition coefficient (Wildman–Crippen LogP) is 3.08. The van der Waals surface area contributed by atoms with E-state index in [1.54, 1.807) is 11.0 Å². The molecule has 0 bridgehead atoms. The molecule has 19 heavy (non-hydrogen) atoms. The lowest BCUT2D eigenvalue weighted by Gasteiger charge is -2.26. The Morgan fingerprint density at radius 3 is 2.79 bits per heavy atom. The van der Waals surface area contributed by atoms with Gasteiger partial charge < -0.3 is 10.6 Å². The maximum Gasteiger partial charge on any atom is 0.346 e. The second-order valence-electron chi connectivity index (χ2n) is 4.93. The number of amidine groups is 1. The maximum atomic E-state index is 13.1. The average Bonchev–Trinajstić information content (AvgIpc) is 2.54. The standard InChI is InChI=1S/C13H15BrFN3O/c1-7(2)6-18-11(12(16)17-13(18)19)9-4-3-8(15)5-10(9)14/h3-5,7,11H,6H2,1-2H3,(H2,16,17,19). The number of nitrogens with zero attached hydrogens (tertiary/aromatic N) is 2. The molecule has 1 aromatic carbocycles. The van der Waals surface area contributed by atoms with Crippen molar-refractivity contribution >= 4 is 27.8 Å². The van der Waals surface area contributed by atoms with Crippen molar-refractivity contribution in [2.45, 2.75) is 19.9 Å². The number of hydrogen-bond acceptors (Lipinski definition) is 2. The Bertz CT molecular complexity index is 545. The van der Waals surface area contributed by atoms with Crippen LogP contribution in [0.3, 0.4) is 0 Å². The van der Waals surface area contributed by atoms with Crippen LogP contribution in [-0.2, 0) is 0 Å². The lowest BCUT2D eigenvalue weighted by molar-refractivity contribution is 0.198. The van der Waals surface area contributed by atoms with E-state index < -0.39 is 6.04 Å². The van der Waals surface area contributed by atoms with Gasteiger partial charge in [0.25, 0.3) is 0 Å². The average molecular weight is 328 g/mol. The normalized spacial score (nSPS) is 19.2. The van der Waals surface area contributed by atoms with Crippen LogP contribution in [0.4, 0.5) is 9.18 Å². The van der Waals surface area contributed by atoms with Gasteiger partial charge in [0, 0.05) is 11.0 Å². The van der Waals surface area contributed by atoms with E-state index in [1.165, 1.54) is 12.1 Å². The summed E-state index contributed by atoms with van der Waals surface area (Å²) < 4.78 is 13.7. The molecule has 4 nitrogen and oxygen atoms in total. The fourth-order valence-corrected chi connectivity index (χ4v) is 2.70. The van der Waals surface area contributed by atoms with Crippen LogP contribution in [0, 0.1) is 11.7 Å². The van der Waals surface area contributed by atoms with E-state index in [1.807, 2.05) is 13.8 Å². The van der Waals surface area contributed by atoms with E-state index >= 15 is 0 Å². The first-order valence-electron chi connectivity index (χ1n) is 5.99. The van der Waals surface area contributed by atoms with Gasteiger partial charge in [-0.2, -0.15) is 4.99 Å². The van der Waals surface area contributed by atoms with Crippen molar-refractivity contribution in [3.05, 3.63) is 34.1 Å². The van der Waals surface area contributed by atoms with Gasteiger partial charge in [-0.15, -0.1) is 0 Å². The van der Waals surface area contributed by atoms with Crippen molar-refractivity contribution in [2.24, 2.45) is 16.6 Å². The number of halogens is 2. The van der Waals surface area contributed by atoms with Gasteiger partial charge in [0.2, 0.25) is 0 Å². The fraction of sp³-hybridized carbons (Fsp3) is 0.385. The Balaban J connectivity index is 2.39. The highest BCUT2D eigenvalue weighted by Gasteiger charge is 2.35. The van der Waals surface area contributed by atoms with Gasteiger partial charge >= 0.3 is 6.03 Å². The Labute approximate surface area is 119 Å². The molecular formula is C13H15BrFN3O. The van der Waals surface area contributed by atoms with E-state index in [0.29, 0.717) is 16.9 Å². The van der Waals surface area contributed by atoms with Crippen molar-refractivity contribution < 1.29 is 9.18 Å². The summed E-state index contributed by atoms with van der Waals surface area (Å²) in [6.07, 6.45) is 0. The highest BCUT2D eigenvalue weighted by molar-refractivity contribution is 9.10. The lowest BCUT2D eigenvalue weighted by atomic mass is 10.0. The minimum Gasteiger partial charge on any atom is -0.385 e. The minimum atomic E-state index is -0.426. The van der Waals surface area contributed by atoms with E-state index in [9.17, 15) is 9.18 Å². The smallest absolute Gasteiger partial charge is 0.346 e. The Hall–Kier alpha value is -1.43. The number of carbonyl (C=O) groups is 1. The summed E-state index contributed by atoms with van der Waals surface area (Å²) in [6, 6.07) is 3.57. The van der Waals surface area contributed by atoms with Gasteiger partial charge in [0.05, 0.1) is 0 Å². The molecule has 2 amide bonds. The fourth-order valence-electron chi connectivity index (χ4n) is 2.13. The molecule has 2 rings (SSSR count). The van der Waals surface area contributed by atoms with Gasteiger partial charge in [-0.3, -0.25) is 0 Å². The summed E-state index contributed by atoms with van der Waals surface area (Å²) in [4.78, 5) is 17.3. The van der Waals surface area contributed by atoms with Crippen LogP contribution in [0.5, 0.6) is 0 Å². The van der Waals surface area contributed by atoms with E-state index in [-0.39, 0.29) is 17.7 Å². The monoisotopic (exact) mass is 327 g/mol. The molecule has 0 fully saturated rings. The second kappa shape index (κ2) is 5.28. The second-order valence-corrected chi connectivity index (χ2v) is 5.79. The summed E-state index contributed by atoms with van der Waals surface area (Å²) in [5.74, 6) is 0.204. The zero-order valence-corrected chi connectivity index (χ0v) is 12.3. The number of amides is 2. The number of nitrogens with two attached hydrogens (primary N) is 1. The maximum absolute atomic E-state index is 13.1. The molecule has 1 heterocycles. The van der Waals surface area contributed by atoms with Gasteiger partial charge in [-0.05, 0) is 23.6 Å². The van der Waals surface area contributed by atoms with Crippen LogP contribution >= 0.6 is 15.9 Å². The predicted molar refractivity (Wildman–Crippen MR) is 75.4 cm³/mol.